The van der Waals surface area contributed by atoms with E-state index in [2.05, 4.69) is 27.9 Å². The van der Waals surface area contributed by atoms with Crippen molar-refractivity contribution in [2.75, 3.05) is 27.2 Å². The molecule has 0 spiro atoms. The predicted molar refractivity (Wildman–Crippen MR) is 42.4 cm³/mol. The smallest absolute Gasteiger partial charge is 0.0782 e. The van der Waals surface area contributed by atoms with Crippen LogP contribution in [0.1, 0.15) is 26.7 Å². The van der Waals surface area contributed by atoms with Crippen LogP contribution in [0.4, 0.5) is 0 Å². The van der Waals surface area contributed by atoms with Crippen LogP contribution in [0.2, 0.25) is 0 Å². The third-order valence-electron chi connectivity index (χ3n) is 1.97. The Balaban J connectivity index is 0. The summed E-state index contributed by atoms with van der Waals surface area (Å²) in [6.45, 7) is 7.07. The molecule has 0 bridgehead atoms. The van der Waals surface area contributed by atoms with Gasteiger partial charge in [-0.15, -0.1) is 10.2 Å². The van der Waals surface area contributed by atoms with Crippen LogP contribution < -0.4 is 18.6 Å². The Morgan fingerprint density at radius 3 is 1.57 bits per heavy atom. The van der Waals surface area contributed by atoms with Gasteiger partial charge >= 0.3 is 0 Å². The second-order valence-electron chi connectivity index (χ2n) is 3.71. The molecule has 0 aromatic rings. The van der Waals surface area contributed by atoms with E-state index in [9.17, 15) is 0 Å². The first-order valence-corrected chi connectivity index (χ1v) is 5.79. The van der Waals surface area contributed by atoms with E-state index in [0.717, 1.165) is 0 Å². The van der Waals surface area contributed by atoms with Crippen LogP contribution in [0.5, 0.6) is 0 Å². The van der Waals surface area contributed by atoms with Gasteiger partial charge in [-0.3, -0.25) is 0 Å². The molecule has 0 atom stereocenters. The molecule has 0 aliphatic rings. The highest BCUT2D eigenvalue weighted by Crippen LogP contribution is 1.99. The van der Waals surface area contributed by atoms with Gasteiger partial charge < -0.3 is 4.48 Å². The zero-order valence-electron chi connectivity index (χ0n) is 9.29. The Labute approximate surface area is 87.9 Å². The predicted octanol–water partition coefficient (Wildman–Crippen LogP) is -2.87. The first-order chi connectivity index (χ1) is 6.12. The molecule has 0 fully saturated rings. The molecule has 0 unspecified atom stereocenters. The summed E-state index contributed by atoms with van der Waals surface area (Å²) in [4.78, 5) is 0. The average Bonchev–Trinajstić information content (AvgIpc) is 1.98. The van der Waals surface area contributed by atoms with Crippen LogP contribution in [0.25, 0.3) is 0 Å². The van der Waals surface area contributed by atoms with E-state index < -0.39 is 10.2 Å². The molecule has 0 radical (unpaired) electrons. The minimum atomic E-state index is -4.94. The van der Waals surface area contributed by atoms with Gasteiger partial charge in [0.1, 0.15) is 0 Å². The molecule has 0 heterocycles. The fraction of sp³-hybridized carbons (Fsp3) is 1.00. The number of nitrogens with zero attached hydrogens (tertiary/aromatic N) is 1. The molecule has 0 aromatic carbocycles. The number of unbranched alkanes of at least 4 members (excludes halogenated alkanes) is 1. The van der Waals surface area contributed by atoms with Crippen molar-refractivity contribution in [2.24, 2.45) is 0 Å². The Morgan fingerprint density at radius 2 is 1.36 bits per heavy atom. The summed E-state index contributed by atoms with van der Waals surface area (Å²) in [5.74, 6) is 0. The van der Waals surface area contributed by atoms with Gasteiger partial charge in [-0.2, -0.15) is 0 Å². The van der Waals surface area contributed by atoms with Gasteiger partial charge in [0.2, 0.25) is 0 Å². The molecule has 0 rings (SSSR count). The van der Waals surface area contributed by atoms with Gasteiger partial charge in [-0.1, -0.05) is 13.3 Å². The zero-order valence-corrected chi connectivity index (χ0v) is 10.0. The van der Waals surface area contributed by atoms with Crippen LogP contribution in [-0.2, 0) is 0 Å². The third kappa shape index (κ3) is 22.7. The fourth-order valence-corrected chi connectivity index (χ4v) is 0.744. The molecule has 5 nitrogen and oxygen atoms in total. The number of rotatable bonds is 4. The van der Waals surface area contributed by atoms with E-state index >= 15 is 0 Å². The molecule has 88 valence electrons. The summed E-state index contributed by atoms with van der Waals surface area (Å²) in [6.07, 6.45) is 2.68. The van der Waals surface area contributed by atoms with E-state index in [1.807, 2.05) is 0 Å². The topological polar surface area (TPSA) is 92.2 Å². The van der Waals surface area contributed by atoms with Crippen molar-refractivity contribution < 1.29 is 33.4 Å². The lowest BCUT2D eigenvalue weighted by Crippen LogP contribution is -2.68. The molecule has 14 heavy (non-hydrogen) atoms. The molecule has 0 aliphatic heterocycles. The summed E-state index contributed by atoms with van der Waals surface area (Å²) in [5.41, 5.74) is 0. The Bertz CT molecular complexity index is 130. The normalized spacial score (nSPS) is 12.0. The lowest BCUT2D eigenvalue weighted by Gasteiger charge is -2.27. The average molecular weight is 230 g/mol. The van der Waals surface area contributed by atoms with Crippen molar-refractivity contribution in [1.29, 1.82) is 0 Å². The van der Waals surface area contributed by atoms with E-state index in [1.165, 1.54) is 30.4 Å². The lowest BCUT2D eigenvalue weighted by molar-refractivity contribution is -2.00. The van der Waals surface area contributed by atoms with E-state index in [4.69, 9.17) is 18.6 Å². The standard InChI is InChI=1S/C8H20N.ClHO4/c1-5-7-8-9(3,4)6-2;2-1(3,4)5/h5-8H2,1-4H3;(H,2,3,4,5)/q+1;/p-1. The minimum absolute atomic E-state index is 1.17. The second-order valence-corrected chi connectivity index (χ2v) is 4.46. The Morgan fingerprint density at radius 1 is 1.00 bits per heavy atom. The number of halogens is 1. The van der Waals surface area contributed by atoms with Gasteiger partial charge in [0, 0.05) is 0 Å². The molecule has 0 amide bonds. The lowest BCUT2D eigenvalue weighted by atomic mass is 10.3. The number of hydrogen-bond donors (Lipinski definition) is 0. The highest BCUT2D eigenvalue weighted by Gasteiger charge is 2.08. The Kier molecular flexibility index (Phi) is 8.72. The monoisotopic (exact) mass is 229 g/mol. The highest BCUT2D eigenvalue weighted by atomic mass is 35.7. The van der Waals surface area contributed by atoms with Crippen molar-refractivity contribution in [3.05, 3.63) is 0 Å². The summed E-state index contributed by atoms with van der Waals surface area (Å²) in [7, 11) is -0.370. The summed E-state index contributed by atoms with van der Waals surface area (Å²) >= 11 is 0. The summed E-state index contributed by atoms with van der Waals surface area (Å²) in [6, 6.07) is 0. The van der Waals surface area contributed by atoms with Gasteiger partial charge in [0.15, 0.2) is 0 Å². The number of hydrogen-bond acceptors (Lipinski definition) is 4. The van der Waals surface area contributed by atoms with Crippen LogP contribution in [0.15, 0.2) is 0 Å². The molecular weight excluding hydrogens is 210 g/mol. The SMILES string of the molecule is CCCC[N+](C)(C)CC.[O-][Cl+3]([O-])([O-])[O-]. The minimum Gasteiger partial charge on any atom is -0.329 e. The van der Waals surface area contributed by atoms with E-state index in [1.54, 1.807) is 0 Å². The first kappa shape index (κ1) is 16.5. The van der Waals surface area contributed by atoms with Gasteiger partial charge in [-0.05, 0) is 13.3 Å². The van der Waals surface area contributed by atoms with Crippen molar-refractivity contribution in [3.8, 4) is 0 Å². The zero-order chi connectivity index (χ0) is 11.8. The van der Waals surface area contributed by atoms with Crippen molar-refractivity contribution >= 4 is 0 Å². The number of quaternary nitrogens is 1. The maximum atomic E-state index is 8.49. The van der Waals surface area contributed by atoms with Gasteiger partial charge in [0.25, 0.3) is 0 Å². The largest absolute Gasteiger partial charge is 0.329 e. The second kappa shape index (κ2) is 7.39. The fourth-order valence-electron chi connectivity index (χ4n) is 0.744. The first-order valence-electron chi connectivity index (χ1n) is 4.56. The van der Waals surface area contributed by atoms with Crippen LogP contribution in [0.3, 0.4) is 0 Å². The molecule has 0 saturated heterocycles. The van der Waals surface area contributed by atoms with E-state index in [-0.39, 0.29) is 0 Å². The molecular formula is C8H20ClNO4. The highest BCUT2D eigenvalue weighted by molar-refractivity contribution is 4.31. The summed E-state index contributed by atoms with van der Waals surface area (Å²) < 4.78 is 35.1. The molecule has 0 aliphatic carbocycles. The summed E-state index contributed by atoms with van der Waals surface area (Å²) in [5, 5.41) is 0. The molecule has 0 N–H and O–H groups in total. The van der Waals surface area contributed by atoms with Crippen molar-refractivity contribution in [3.63, 3.8) is 0 Å². The van der Waals surface area contributed by atoms with Crippen LogP contribution in [-0.4, -0.2) is 31.7 Å². The van der Waals surface area contributed by atoms with Gasteiger partial charge in [-0.25, -0.2) is 18.6 Å². The van der Waals surface area contributed by atoms with Crippen molar-refractivity contribution in [1.82, 2.24) is 0 Å². The molecule has 0 aromatic heterocycles. The van der Waals surface area contributed by atoms with Crippen LogP contribution >= 0.6 is 0 Å². The third-order valence-corrected chi connectivity index (χ3v) is 1.97. The van der Waals surface area contributed by atoms with Gasteiger partial charge in [0.05, 0.1) is 27.2 Å². The van der Waals surface area contributed by atoms with Crippen LogP contribution in [0, 0.1) is 10.2 Å². The Hall–Kier alpha value is 0.0900. The maximum Gasteiger partial charge on any atom is 0.0782 e. The quantitative estimate of drug-likeness (QED) is 0.485. The maximum absolute atomic E-state index is 8.49. The molecule has 0 saturated carbocycles. The molecule has 6 heteroatoms. The van der Waals surface area contributed by atoms with E-state index in [0.29, 0.717) is 0 Å². The van der Waals surface area contributed by atoms with Crippen molar-refractivity contribution in [2.45, 2.75) is 26.7 Å².